The first-order chi connectivity index (χ1) is 12.0. The zero-order chi connectivity index (χ0) is 18.4. The highest BCUT2D eigenvalue weighted by Gasteiger charge is 2.22. The molecule has 7 heteroatoms. The third kappa shape index (κ3) is 4.22. The van der Waals surface area contributed by atoms with Gasteiger partial charge in [-0.3, -0.25) is 14.6 Å². The summed E-state index contributed by atoms with van der Waals surface area (Å²) in [5, 5.41) is 10.1. The van der Waals surface area contributed by atoms with Crippen molar-refractivity contribution < 1.29 is 14.3 Å². The lowest BCUT2D eigenvalue weighted by Gasteiger charge is -2.15. The molecule has 0 unspecified atom stereocenters. The lowest BCUT2D eigenvalue weighted by molar-refractivity contribution is -0.139. The standard InChI is InChI=1S/C18H17N3O3S/c1-4-24-15(23)10-25-18-14(8-19)17(13-6-5-7-20-9-13)16(12(3)22)11(2)21-18/h5-7,9H,4,10H2,1-3H3. The Kier molecular flexibility index (Phi) is 6.25. The van der Waals surface area contributed by atoms with Crippen molar-refractivity contribution in [1.29, 1.82) is 5.26 Å². The fourth-order valence-electron chi connectivity index (χ4n) is 2.45. The van der Waals surface area contributed by atoms with Gasteiger partial charge in [0.1, 0.15) is 11.1 Å². The maximum absolute atomic E-state index is 12.1. The molecule has 0 aliphatic heterocycles. The molecule has 128 valence electrons. The molecule has 2 rings (SSSR count). The number of nitriles is 1. The number of hydrogen-bond acceptors (Lipinski definition) is 7. The molecule has 2 aromatic heterocycles. The fourth-order valence-corrected chi connectivity index (χ4v) is 3.28. The first-order valence-corrected chi connectivity index (χ1v) is 8.62. The third-order valence-electron chi connectivity index (χ3n) is 3.39. The minimum absolute atomic E-state index is 0.0425. The third-order valence-corrected chi connectivity index (χ3v) is 4.34. The Morgan fingerprint density at radius 3 is 2.72 bits per heavy atom. The van der Waals surface area contributed by atoms with Crippen molar-refractivity contribution in [3.63, 3.8) is 0 Å². The number of carbonyl (C=O) groups is 2. The van der Waals surface area contributed by atoms with E-state index < -0.39 is 0 Å². The Balaban J connectivity index is 2.60. The number of Topliss-reactive ketones (excluding diaryl/α,β-unsaturated/α-hetero) is 1. The summed E-state index contributed by atoms with van der Waals surface area (Å²) in [6.45, 7) is 5.18. The highest BCUT2D eigenvalue weighted by molar-refractivity contribution is 7.99. The molecule has 2 heterocycles. The smallest absolute Gasteiger partial charge is 0.316 e. The summed E-state index contributed by atoms with van der Waals surface area (Å²) >= 11 is 1.12. The molecule has 0 N–H and O–H groups in total. The van der Waals surface area contributed by atoms with Crippen LogP contribution in [0.1, 0.15) is 35.5 Å². The molecular formula is C18H17N3O3S. The molecule has 0 aliphatic carbocycles. The van der Waals surface area contributed by atoms with E-state index in [0.717, 1.165) is 11.8 Å². The van der Waals surface area contributed by atoms with Crippen LogP contribution in [0.4, 0.5) is 0 Å². The van der Waals surface area contributed by atoms with Crippen LogP contribution < -0.4 is 0 Å². The lowest BCUT2D eigenvalue weighted by atomic mass is 9.94. The molecule has 25 heavy (non-hydrogen) atoms. The van der Waals surface area contributed by atoms with E-state index in [1.165, 1.54) is 6.92 Å². The van der Waals surface area contributed by atoms with Gasteiger partial charge in [0.25, 0.3) is 0 Å². The van der Waals surface area contributed by atoms with Crippen LogP contribution in [0, 0.1) is 18.3 Å². The minimum atomic E-state index is -0.380. The Bertz CT molecular complexity index is 845. The van der Waals surface area contributed by atoms with Gasteiger partial charge in [-0.1, -0.05) is 17.8 Å². The number of aryl methyl sites for hydroxylation is 1. The first-order valence-electron chi connectivity index (χ1n) is 7.64. The zero-order valence-electron chi connectivity index (χ0n) is 14.2. The van der Waals surface area contributed by atoms with Crippen molar-refractivity contribution in [3.8, 4) is 17.2 Å². The van der Waals surface area contributed by atoms with Crippen LogP contribution in [0.3, 0.4) is 0 Å². The van der Waals surface area contributed by atoms with E-state index in [1.807, 2.05) is 0 Å². The highest BCUT2D eigenvalue weighted by atomic mass is 32.2. The molecule has 6 nitrogen and oxygen atoms in total. The normalized spacial score (nSPS) is 10.2. The van der Waals surface area contributed by atoms with Gasteiger partial charge in [-0.05, 0) is 26.8 Å². The number of hydrogen-bond donors (Lipinski definition) is 0. The summed E-state index contributed by atoms with van der Waals surface area (Å²) in [5.41, 5.74) is 2.33. The number of aromatic nitrogens is 2. The van der Waals surface area contributed by atoms with Crippen molar-refractivity contribution in [3.05, 3.63) is 41.3 Å². The number of pyridine rings is 2. The van der Waals surface area contributed by atoms with Gasteiger partial charge in [0, 0.05) is 29.1 Å². The molecule has 0 aliphatic rings. The number of carbonyl (C=O) groups excluding carboxylic acids is 2. The molecule has 0 atom stereocenters. The Morgan fingerprint density at radius 2 is 2.16 bits per heavy atom. The predicted molar refractivity (Wildman–Crippen MR) is 94.3 cm³/mol. The topological polar surface area (TPSA) is 92.9 Å². The first kappa shape index (κ1) is 18.6. The van der Waals surface area contributed by atoms with Gasteiger partial charge in [-0.15, -0.1) is 0 Å². The molecule has 0 saturated carbocycles. The molecule has 0 aromatic carbocycles. The second kappa shape index (κ2) is 8.40. The molecule has 0 saturated heterocycles. The Labute approximate surface area is 150 Å². The van der Waals surface area contributed by atoms with Crippen molar-refractivity contribution in [2.24, 2.45) is 0 Å². The average Bonchev–Trinajstić information content (AvgIpc) is 2.59. The van der Waals surface area contributed by atoms with Crippen LogP contribution in [0.25, 0.3) is 11.1 Å². The van der Waals surface area contributed by atoms with E-state index in [-0.39, 0.29) is 23.1 Å². The molecule has 0 spiro atoms. The van der Waals surface area contributed by atoms with Gasteiger partial charge in [0.2, 0.25) is 0 Å². The van der Waals surface area contributed by atoms with Crippen LogP contribution in [0.2, 0.25) is 0 Å². The molecule has 2 aromatic rings. The van der Waals surface area contributed by atoms with Crippen molar-refractivity contribution in [2.45, 2.75) is 25.8 Å². The van der Waals surface area contributed by atoms with Gasteiger partial charge in [-0.2, -0.15) is 5.26 Å². The van der Waals surface area contributed by atoms with Crippen molar-refractivity contribution in [2.75, 3.05) is 12.4 Å². The number of ketones is 1. The van der Waals surface area contributed by atoms with Gasteiger partial charge in [0.05, 0.1) is 23.6 Å². The van der Waals surface area contributed by atoms with E-state index in [2.05, 4.69) is 16.0 Å². The molecule has 0 radical (unpaired) electrons. The number of nitrogens with zero attached hydrogens (tertiary/aromatic N) is 3. The molecule has 0 amide bonds. The van der Waals surface area contributed by atoms with Gasteiger partial charge in [0.15, 0.2) is 5.78 Å². The maximum Gasteiger partial charge on any atom is 0.316 e. The maximum atomic E-state index is 12.1. The second-order valence-corrected chi connectivity index (χ2v) is 6.09. The molecule has 0 bridgehead atoms. The fraction of sp³-hybridized carbons (Fsp3) is 0.278. The van der Waals surface area contributed by atoms with Crippen LogP contribution in [0.5, 0.6) is 0 Å². The summed E-state index contributed by atoms with van der Waals surface area (Å²) in [6.07, 6.45) is 3.22. The van der Waals surface area contributed by atoms with Crippen molar-refractivity contribution >= 4 is 23.5 Å². The molecule has 0 fully saturated rings. The highest BCUT2D eigenvalue weighted by Crippen LogP contribution is 2.34. The van der Waals surface area contributed by atoms with E-state index in [1.54, 1.807) is 38.4 Å². The Morgan fingerprint density at radius 1 is 1.40 bits per heavy atom. The van der Waals surface area contributed by atoms with E-state index in [4.69, 9.17) is 4.74 Å². The van der Waals surface area contributed by atoms with Gasteiger partial charge in [-0.25, -0.2) is 4.98 Å². The molecular weight excluding hydrogens is 338 g/mol. The van der Waals surface area contributed by atoms with Crippen molar-refractivity contribution in [1.82, 2.24) is 9.97 Å². The summed E-state index contributed by atoms with van der Waals surface area (Å²) in [5.74, 6) is -0.516. The monoisotopic (exact) mass is 355 g/mol. The largest absolute Gasteiger partial charge is 0.465 e. The average molecular weight is 355 g/mol. The van der Waals surface area contributed by atoms with Crippen LogP contribution >= 0.6 is 11.8 Å². The van der Waals surface area contributed by atoms with E-state index in [9.17, 15) is 14.9 Å². The number of rotatable bonds is 6. The van der Waals surface area contributed by atoms with Gasteiger partial charge < -0.3 is 4.74 Å². The van der Waals surface area contributed by atoms with Crippen LogP contribution in [-0.2, 0) is 9.53 Å². The van der Waals surface area contributed by atoms with E-state index in [0.29, 0.717) is 34.0 Å². The van der Waals surface area contributed by atoms with E-state index >= 15 is 0 Å². The second-order valence-electron chi connectivity index (χ2n) is 5.13. The van der Waals surface area contributed by atoms with Crippen LogP contribution in [0.15, 0.2) is 29.6 Å². The summed E-state index contributed by atoms with van der Waals surface area (Å²) < 4.78 is 4.91. The summed E-state index contributed by atoms with van der Waals surface area (Å²) in [7, 11) is 0. The summed E-state index contributed by atoms with van der Waals surface area (Å²) in [6, 6.07) is 5.65. The quantitative estimate of drug-likeness (QED) is 0.446. The predicted octanol–water partition coefficient (Wildman–Crippen LogP) is 3.18. The van der Waals surface area contributed by atoms with Gasteiger partial charge >= 0.3 is 5.97 Å². The van der Waals surface area contributed by atoms with Crippen LogP contribution in [-0.4, -0.2) is 34.1 Å². The summed E-state index contributed by atoms with van der Waals surface area (Å²) in [4.78, 5) is 32.2. The minimum Gasteiger partial charge on any atom is -0.465 e. The lowest BCUT2D eigenvalue weighted by Crippen LogP contribution is -2.10. The number of esters is 1. The Hall–Kier alpha value is -2.72. The zero-order valence-corrected chi connectivity index (χ0v) is 15.0. The number of thioether (sulfide) groups is 1. The SMILES string of the molecule is CCOC(=O)CSc1nc(C)c(C(C)=O)c(-c2cccnc2)c1C#N. The number of ether oxygens (including phenoxy) is 1.